The highest BCUT2D eigenvalue weighted by Crippen LogP contribution is 2.22. The van der Waals surface area contributed by atoms with Gasteiger partial charge in [0.15, 0.2) is 0 Å². The highest BCUT2D eigenvalue weighted by Gasteiger charge is 2.12. The lowest BCUT2D eigenvalue weighted by atomic mass is 9.95. The van der Waals surface area contributed by atoms with E-state index in [0.29, 0.717) is 0 Å². The van der Waals surface area contributed by atoms with Crippen molar-refractivity contribution in [2.24, 2.45) is 5.92 Å². The minimum Gasteiger partial charge on any atom is -0.316 e. The van der Waals surface area contributed by atoms with E-state index in [1.54, 1.807) is 11.3 Å². The van der Waals surface area contributed by atoms with Gasteiger partial charge in [0.25, 0.3) is 0 Å². The van der Waals surface area contributed by atoms with Crippen LogP contribution in [0.1, 0.15) is 31.2 Å². The fraction of sp³-hybridized carbons (Fsp3) is 0.714. The summed E-state index contributed by atoms with van der Waals surface area (Å²) in [6.45, 7) is 4.75. The number of piperidine rings is 1. The Hall–Kier alpha value is 0.100. The number of thiophene rings is 1. The Morgan fingerprint density at radius 1 is 1.56 bits per heavy atom. The van der Waals surface area contributed by atoms with Crippen molar-refractivity contribution >= 4 is 27.3 Å². The summed E-state index contributed by atoms with van der Waals surface area (Å²) >= 11 is 5.29. The summed E-state index contributed by atoms with van der Waals surface area (Å²) in [5.74, 6) is 0.919. The van der Waals surface area contributed by atoms with Crippen LogP contribution in [-0.4, -0.2) is 31.6 Å². The van der Waals surface area contributed by atoms with Gasteiger partial charge in [-0.2, -0.15) is 0 Å². The van der Waals surface area contributed by atoms with Gasteiger partial charge < -0.3 is 10.2 Å². The first kappa shape index (κ1) is 14.5. The van der Waals surface area contributed by atoms with Gasteiger partial charge in [0, 0.05) is 6.54 Å². The average molecular weight is 331 g/mol. The Bertz CT molecular complexity index is 347. The van der Waals surface area contributed by atoms with Crippen molar-refractivity contribution < 1.29 is 0 Å². The third kappa shape index (κ3) is 5.00. The van der Waals surface area contributed by atoms with Crippen LogP contribution in [0.2, 0.25) is 0 Å². The second-order valence-electron chi connectivity index (χ2n) is 5.35. The molecule has 4 heteroatoms. The van der Waals surface area contributed by atoms with Crippen molar-refractivity contribution in [1.82, 2.24) is 10.2 Å². The summed E-state index contributed by atoms with van der Waals surface area (Å²) in [5, 5.41) is 5.74. The summed E-state index contributed by atoms with van der Waals surface area (Å²) in [5.41, 5.74) is 1.42. The monoisotopic (exact) mass is 330 g/mol. The zero-order valence-electron chi connectivity index (χ0n) is 11.1. The van der Waals surface area contributed by atoms with Gasteiger partial charge in [0.1, 0.15) is 0 Å². The molecule has 1 aliphatic rings. The molecule has 102 valence electrons. The largest absolute Gasteiger partial charge is 0.316 e. The molecule has 2 rings (SSSR count). The number of rotatable bonds is 6. The average Bonchev–Trinajstić information content (AvgIpc) is 2.76. The van der Waals surface area contributed by atoms with Crippen LogP contribution in [0.4, 0.5) is 0 Å². The standard InChI is InChI=1S/C14H23BrN2S/c1-17(10-13-8-14(15)18-11-13)7-3-5-12-4-2-6-16-9-12/h8,11-12,16H,2-7,9-10H2,1H3. The van der Waals surface area contributed by atoms with E-state index in [1.807, 2.05) is 0 Å². The molecular formula is C14H23BrN2S. The normalized spacial score (nSPS) is 20.5. The Balaban J connectivity index is 1.60. The van der Waals surface area contributed by atoms with Gasteiger partial charge >= 0.3 is 0 Å². The maximum Gasteiger partial charge on any atom is 0.0701 e. The van der Waals surface area contributed by atoms with Crippen molar-refractivity contribution in [3.8, 4) is 0 Å². The molecule has 0 spiro atoms. The highest BCUT2D eigenvalue weighted by molar-refractivity contribution is 9.11. The third-order valence-corrected chi connectivity index (χ3v) is 5.18. The first-order valence-electron chi connectivity index (χ1n) is 6.86. The SMILES string of the molecule is CN(CCCC1CCCNC1)Cc1csc(Br)c1. The Kier molecular flexibility index (Phi) is 6.15. The molecule has 0 bridgehead atoms. The van der Waals surface area contributed by atoms with Crippen LogP contribution in [0.15, 0.2) is 15.2 Å². The molecule has 1 atom stereocenters. The van der Waals surface area contributed by atoms with E-state index >= 15 is 0 Å². The van der Waals surface area contributed by atoms with Crippen molar-refractivity contribution in [3.63, 3.8) is 0 Å². The Labute approximate surface area is 123 Å². The first-order chi connectivity index (χ1) is 8.74. The number of halogens is 1. The molecule has 1 N–H and O–H groups in total. The molecule has 2 nitrogen and oxygen atoms in total. The molecule has 18 heavy (non-hydrogen) atoms. The van der Waals surface area contributed by atoms with Crippen LogP contribution in [0.5, 0.6) is 0 Å². The van der Waals surface area contributed by atoms with Crippen molar-refractivity contribution in [2.75, 3.05) is 26.7 Å². The van der Waals surface area contributed by atoms with Gasteiger partial charge in [-0.25, -0.2) is 0 Å². The van der Waals surface area contributed by atoms with Crippen molar-refractivity contribution in [2.45, 2.75) is 32.2 Å². The molecule has 1 fully saturated rings. The number of hydrogen-bond acceptors (Lipinski definition) is 3. The molecule has 0 aromatic carbocycles. The molecule has 2 heterocycles. The van der Waals surface area contributed by atoms with Crippen LogP contribution in [0, 0.1) is 5.92 Å². The molecule has 1 aromatic heterocycles. The fourth-order valence-electron chi connectivity index (χ4n) is 2.64. The van der Waals surface area contributed by atoms with Crippen LogP contribution < -0.4 is 5.32 Å². The summed E-state index contributed by atoms with van der Waals surface area (Å²) in [6, 6.07) is 2.23. The third-order valence-electron chi connectivity index (χ3n) is 3.63. The van der Waals surface area contributed by atoms with Gasteiger partial charge in [-0.05, 0) is 91.2 Å². The molecule has 0 amide bonds. The smallest absolute Gasteiger partial charge is 0.0701 e. The Morgan fingerprint density at radius 3 is 3.11 bits per heavy atom. The van der Waals surface area contributed by atoms with Crippen LogP contribution in [-0.2, 0) is 6.54 Å². The summed E-state index contributed by atoms with van der Waals surface area (Å²) < 4.78 is 1.24. The number of nitrogens with zero attached hydrogens (tertiary/aromatic N) is 1. The molecule has 1 aliphatic heterocycles. The topological polar surface area (TPSA) is 15.3 Å². The van der Waals surface area contributed by atoms with E-state index < -0.39 is 0 Å². The van der Waals surface area contributed by atoms with Crippen LogP contribution in [0.25, 0.3) is 0 Å². The molecule has 0 saturated carbocycles. The minimum absolute atomic E-state index is 0.919. The number of hydrogen-bond donors (Lipinski definition) is 1. The molecule has 1 saturated heterocycles. The predicted molar refractivity (Wildman–Crippen MR) is 83.2 cm³/mol. The lowest BCUT2D eigenvalue weighted by Gasteiger charge is -2.23. The summed E-state index contributed by atoms with van der Waals surface area (Å²) in [7, 11) is 2.23. The zero-order chi connectivity index (χ0) is 12.8. The maximum absolute atomic E-state index is 3.52. The quantitative estimate of drug-likeness (QED) is 0.855. The molecule has 1 unspecified atom stereocenters. The van der Waals surface area contributed by atoms with Gasteiger partial charge in [-0.15, -0.1) is 11.3 Å². The van der Waals surface area contributed by atoms with E-state index in [4.69, 9.17) is 0 Å². The lowest BCUT2D eigenvalue weighted by Crippen LogP contribution is -2.30. The van der Waals surface area contributed by atoms with E-state index in [1.165, 1.54) is 54.7 Å². The maximum atomic E-state index is 3.52. The lowest BCUT2D eigenvalue weighted by molar-refractivity contribution is 0.288. The number of nitrogens with one attached hydrogen (secondary N) is 1. The van der Waals surface area contributed by atoms with Gasteiger partial charge in [-0.1, -0.05) is 0 Å². The molecule has 0 radical (unpaired) electrons. The fourth-order valence-corrected chi connectivity index (χ4v) is 3.84. The Morgan fingerprint density at radius 2 is 2.44 bits per heavy atom. The van der Waals surface area contributed by atoms with Crippen LogP contribution in [0.3, 0.4) is 0 Å². The zero-order valence-corrected chi connectivity index (χ0v) is 13.5. The van der Waals surface area contributed by atoms with Gasteiger partial charge in [-0.3, -0.25) is 0 Å². The van der Waals surface area contributed by atoms with Gasteiger partial charge in [0.05, 0.1) is 3.79 Å². The summed E-state index contributed by atoms with van der Waals surface area (Å²) in [6.07, 6.45) is 5.50. The molecule has 0 aliphatic carbocycles. The minimum atomic E-state index is 0.919. The highest BCUT2D eigenvalue weighted by atomic mass is 79.9. The second-order valence-corrected chi connectivity index (χ2v) is 7.64. The van der Waals surface area contributed by atoms with E-state index in [-0.39, 0.29) is 0 Å². The second kappa shape index (κ2) is 7.63. The molecule has 1 aromatic rings. The van der Waals surface area contributed by atoms with Crippen molar-refractivity contribution in [1.29, 1.82) is 0 Å². The summed E-state index contributed by atoms with van der Waals surface area (Å²) in [4.78, 5) is 2.44. The van der Waals surface area contributed by atoms with E-state index in [2.05, 4.69) is 44.6 Å². The predicted octanol–water partition coefficient (Wildman–Crippen LogP) is 3.72. The first-order valence-corrected chi connectivity index (χ1v) is 8.53. The van der Waals surface area contributed by atoms with E-state index in [0.717, 1.165) is 12.5 Å². The van der Waals surface area contributed by atoms with E-state index in [9.17, 15) is 0 Å². The molecular weight excluding hydrogens is 308 g/mol. The van der Waals surface area contributed by atoms with Gasteiger partial charge in [0.2, 0.25) is 0 Å². The van der Waals surface area contributed by atoms with Crippen molar-refractivity contribution in [3.05, 3.63) is 20.8 Å². The van der Waals surface area contributed by atoms with Crippen LogP contribution >= 0.6 is 27.3 Å².